The highest BCUT2D eigenvalue weighted by atomic mass is 35.5. The monoisotopic (exact) mass is 500 g/mol. The number of alkyl halides is 5. The van der Waals surface area contributed by atoms with Crippen molar-refractivity contribution in [2.75, 3.05) is 20.8 Å². The van der Waals surface area contributed by atoms with Gasteiger partial charge in [0, 0.05) is 13.1 Å². The van der Waals surface area contributed by atoms with Gasteiger partial charge in [-0.3, -0.25) is 4.79 Å². The van der Waals surface area contributed by atoms with Crippen molar-refractivity contribution in [2.45, 2.75) is 19.0 Å². The number of amides is 1. The molecule has 2 aromatic rings. The van der Waals surface area contributed by atoms with Crippen molar-refractivity contribution in [3.8, 4) is 17.6 Å². The SMILES string of the molecule is CNC(=O)C(=NOC)c1ccc(F)cc1Oc1nc(C)c(Cl)c(OCC(F)(F)C(F)(F)F)n1. The molecule has 0 saturated heterocycles. The Balaban J connectivity index is 2.45. The van der Waals surface area contributed by atoms with Gasteiger partial charge in [0.2, 0.25) is 5.88 Å². The summed E-state index contributed by atoms with van der Waals surface area (Å²) in [5.74, 6) is -7.93. The Kier molecular flexibility index (Phi) is 7.95. The van der Waals surface area contributed by atoms with Crippen LogP contribution in [0, 0.1) is 12.7 Å². The number of rotatable bonds is 8. The van der Waals surface area contributed by atoms with Crippen molar-refractivity contribution in [1.82, 2.24) is 15.3 Å². The van der Waals surface area contributed by atoms with E-state index in [0.717, 1.165) is 25.3 Å². The van der Waals surface area contributed by atoms with Gasteiger partial charge in [-0.2, -0.15) is 31.9 Å². The lowest BCUT2D eigenvalue weighted by Gasteiger charge is -2.20. The maximum atomic E-state index is 13.8. The number of ether oxygens (including phenoxy) is 2. The van der Waals surface area contributed by atoms with Gasteiger partial charge in [-0.25, -0.2) is 4.39 Å². The second kappa shape index (κ2) is 10.1. The van der Waals surface area contributed by atoms with Crippen molar-refractivity contribution in [3.63, 3.8) is 0 Å². The summed E-state index contributed by atoms with van der Waals surface area (Å²) >= 11 is 5.84. The van der Waals surface area contributed by atoms with Crippen molar-refractivity contribution in [3.05, 3.63) is 40.3 Å². The van der Waals surface area contributed by atoms with Crippen LogP contribution in [0.15, 0.2) is 23.4 Å². The second-order valence-electron chi connectivity index (χ2n) is 6.15. The average molecular weight is 501 g/mol. The van der Waals surface area contributed by atoms with Crippen LogP contribution in [0.1, 0.15) is 11.3 Å². The molecule has 180 valence electrons. The molecule has 33 heavy (non-hydrogen) atoms. The molecule has 2 rings (SSSR count). The number of hydrogen-bond donors (Lipinski definition) is 1. The number of aromatic nitrogens is 2. The molecule has 0 aliphatic heterocycles. The maximum Gasteiger partial charge on any atom is 0.456 e. The summed E-state index contributed by atoms with van der Waals surface area (Å²) in [5, 5.41) is 5.39. The van der Waals surface area contributed by atoms with Gasteiger partial charge in [0.15, 0.2) is 12.3 Å². The minimum Gasteiger partial charge on any atom is -0.470 e. The topological polar surface area (TPSA) is 94.9 Å². The molecule has 0 radical (unpaired) electrons. The van der Waals surface area contributed by atoms with Crippen LogP contribution in [-0.4, -0.2) is 54.5 Å². The highest BCUT2D eigenvalue weighted by molar-refractivity contribution is 6.45. The van der Waals surface area contributed by atoms with Crippen LogP contribution < -0.4 is 14.8 Å². The first-order valence-corrected chi connectivity index (χ1v) is 9.11. The number of halogens is 7. The van der Waals surface area contributed by atoms with Crippen LogP contribution >= 0.6 is 11.6 Å². The number of hydrogen-bond acceptors (Lipinski definition) is 7. The number of nitrogens with one attached hydrogen (secondary N) is 1. The largest absolute Gasteiger partial charge is 0.470 e. The van der Waals surface area contributed by atoms with E-state index in [-0.39, 0.29) is 22.7 Å². The Bertz CT molecular complexity index is 1060. The molecule has 0 saturated carbocycles. The molecule has 15 heteroatoms. The lowest BCUT2D eigenvalue weighted by atomic mass is 10.1. The number of carbonyl (C=O) groups is 1. The molecule has 0 atom stereocenters. The van der Waals surface area contributed by atoms with Crippen LogP contribution in [0.5, 0.6) is 17.6 Å². The van der Waals surface area contributed by atoms with Gasteiger partial charge in [0.25, 0.3) is 5.91 Å². The van der Waals surface area contributed by atoms with Crippen molar-refractivity contribution in [1.29, 1.82) is 0 Å². The zero-order valence-corrected chi connectivity index (χ0v) is 17.8. The molecule has 8 nitrogen and oxygen atoms in total. The summed E-state index contributed by atoms with van der Waals surface area (Å²) in [6.45, 7) is -0.848. The lowest BCUT2D eigenvalue weighted by molar-refractivity contribution is -0.290. The molecule has 1 aromatic heterocycles. The van der Waals surface area contributed by atoms with E-state index < -0.39 is 47.3 Å². The van der Waals surface area contributed by atoms with Crippen LogP contribution in [0.2, 0.25) is 5.02 Å². The predicted molar refractivity (Wildman–Crippen MR) is 102 cm³/mol. The smallest absolute Gasteiger partial charge is 0.456 e. The summed E-state index contributed by atoms with van der Waals surface area (Å²) in [5.41, 5.74) is -0.524. The van der Waals surface area contributed by atoms with Gasteiger partial charge in [0.1, 0.15) is 23.7 Å². The third kappa shape index (κ3) is 6.15. The fraction of sp³-hybridized carbons (Fsp3) is 0.333. The molecular weight excluding hydrogens is 486 g/mol. The van der Waals surface area contributed by atoms with E-state index in [0.29, 0.717) is 0 Å². The zero-order valence-electron chi connectivity index (χ0n) is 17.1. The van der Waals surface area contributed by atoms with E-state index >= 15 is 0 Å². The van der Waals surface area contributed by atoms with Gasteiger partial charge in [0.05, 0.1) is 11.3 Å². The first kappa shape index (κ1) is 26.0. The fourth-order valence-corrected chi connectivity index (χ4v) is 2.33. The van der Waals surface area contributed by atoms with Crippen LogP contribution in [-0.2, 0) is 9.63 Å². The summed E-state index contributed by atoms with van der Waals surface area (Å²) in [7, 11) is 2.45. The van der Waals surface area contributed by atoms with Gasteiger partial charge in [-0.15, -0.1) is 0 Å². The molecule has 1 amide bonds. The molecule has 0 bridgehead atoms. The van der Waals surface area contributed by atoms with E-state index in [9.17, 15) is 31.1 Å². The molecule has 1 N–H and O–H groups in total. The summed E-state index contributed by atoms with van der Waals surface area (Å²) in [6, 6.07) is 2.29. The predicted octanol–water partition coefficient (Wildman–Crippen LogP) is 4.04. The van der Waals surface area contributed by atoms with Gasteiger partial charge < -0.3 is 19.6 Å². The van der Waals surface area contributed by atoms with Gasteiger partial charge >= 0.3 is 18.1 Å². The van der Waals surface area contributed by atoms with Crippen LogP contribution in [0.25, 0.3) is 0 Å². The van der Waals surface area contributed by atoms with E-state index in [1.807, 2.05) is 0 Å². The minimum atomic E-state index is -5.87. The Morgan fingerprint density at radius 3 is 2.45 bits per heavy atom. The highest BCUT2D eigenvalue weighted by Gasteiger charge is 2.58. The van der Waals surface area contributed by atoms with Gasteiger partial charge in [-0.05, 0) is 19.1 Å². The van der Waals surface area contributed by atoms with E-state index in [1.165, 1.54) is 14.0 Å². The first-order valence-electron chi connectivity index (χ1n) is 8.73. The molecule has 0 aliphatic rings. The number of oxime groups is 1. The summed E-state index contributed by atoms with van der Waals surface area (Å²) < 4.78 is 87.2. The Morgan fingerprint density at radius 1 is 1.21 bits per heavy atom. The number of aryl methyl sites for hydroxylation is 1. The molecule has 0 fully saturated rings. The fourth-order valence-electron chi connectivity index (χ4n) is 2.19. The van der Waals surface area contributed by atoms with E-state index in [4.69, 9.17) is 16.3 Å². The lowest BCUT2D eigenvalue weighted by Crippen LogP contribution is -2.41. The number of benzene rings is 1. The molecule has 0 unspecified atom stereocenters. The number of nitrogens with zero attached hydrogens (tertiary/aromatic N) is 3. The maximum absolute atomic E-state index is 13.8. The summed E-state index contributed by atoms with van der Waals surface area (Å²) in [6.07, 6.45) is -5.87. The van der Waals surface area contributed by atoms with E-state index in [2.05, 4.69) is 30.0 Å². The third-order valence-corrected chi connectivity index (χ3v) is 4.23. The minimum absolute atomic E-state index is 0.0834. The average Bonchev–Trinajstić information content (AvgIpc) is 2.72. The van der Waals surface area contributed by atoms with Crippen molar-refractivity contribution in [2.24, 2.45) is 5.16 Å². The normalized spacial score (nSPS) is 12.4. The molecule has 1 aromatic carbocycles. The molecule has 0 aliphatic carbocycles. The molecule has 1 heterocycles. The second-order valence-corrected chi connectivity index (χ2v) is 6.52. The van der Waals surface area contributed by atoms with Gasteiger partial charge in [-0.1, -0.05) is 16.8 Å². The Labute approximate surface area is 187 Å². The summed E-state index contributed by atoms with van der Waals surface area (Å²) in [4.78, 5) is 24.1. The quantitative estimate of drug-likeness (QED) is 0.334. The zero-order chi connectivity index (χ0) is 25.0. The Hall–Kier alpha value is -3.29. The highest BCUT2D eigenvalue weighted by Crippen LogP contribution is 2.37. The standard InChI is InChI=1S/C18H15ClF6N4O4/c1-8-12(19)15(32-7-17(21,22)18(23,24)25)28-16(27-8)33-11-6-9(20)4-5-10(11)13(29-31-3)14(30)26-2/h4-6H,7H2,1-3H3,(H,26,30). The first-order chi connectivity index (χ1) is 15.3. The van der Waals surface area contributed by atoms with Crippen molar-refractivity contribution < 1.29 is 45.4 Å². The number of carbonyl (C=O) groups excluding carboxylic acids is 1. The Morgan fingerprint density at radius 2 is 1.88 bits per heavy atom. The van der Waals surface area contributed by atoms with Crippen LogP contribution in [0.3, 0.4) is 0 Å². The van der Waals surface area contributed by atoms with Crippen LogP contribution in [0.4, 0.5) is 26.3 Å². The molecule has 0 spiro atoms. The molecular formula is C18H15ClF6N4O4. The third-order valence-electron chi connectivity index (χ3n) is 3.80. The van der Waals surface area contributed by atoms with Crippen molar-refractivity contribution >= 4 is 23.2 Å². The number of likely N-dealkylation sites (N-methyl/N-ethyl adjacent to an activating group) is 1. The van der Waals surface area contributed by atoms with E-state index in [1.54, 1.807) is 0 Å².